The van der Waals surface area contributed by atoms with Crippen molar-refractivity contribution in [2.45, 2.75) is 383 Å². The van der Waals surface area contributed by atoms with Crippen LogP contribution in [0.25, 0.3) is 0 Å². The summed E-state index contributed by atoms with van der Waals surface area (Å²) in [5.41, 5.74) is 0. The number of rotatable bonds is 58. The van der Waals surface area contributed by atoms with Crippen molar-refractivity contribution < 1.29 is 64.6 Å². The van der Waals surface area contributed by atoms with Crippen molar-refractivity contribution in [3.8, 4) is 0 Å². The third-order valence-corrected chi connectivity index (χ3v) is 17.3. The number of hydrogen-bond acceptors (Lipinski definition) is 13. The van der Waals surface area contributed by atoms with E-state index in [2.05, 4.69) is 43.5 Å². The molecule has 0 bridgehead atoms. The average Bonchev–Trinajstić information content (AvgIpc) is 3.23. The van der Waals surface area contributed by atoms with Crippen LogP contribution in [-0.2, 0) is 23.7 Å². The van der Waals surface area contributed by atoms with Crippen LogP contribution in [0.3, 0.4) is 0 Å². The van der Waals surface area contributed by atoms with Crippen molar-refractivity contribution in [2.75, 3.05) is 19.8 Å². The predicted molar refractivity (Wildman–Crippen MR) is 341 cm³/mol. The van der Waals surface area contributed by atoms with Crippen LogP contribution in [0.4, 0.5) is 0 Å². The van der Waals surface area contributed by atoms with E-state index in [1.807, 2.05) is 6.08 Å². The Kier molecular flexibility index (Phi) is 51.5. The molecule has 14 nitrogen and oxygen atoms in total. The number of ether oxygens (including phenoxy) is 4. The van der Waals surface area contributed by atoms with Crippen molar-refractivity contribution in [1.29, 1.82) is 0 Å². The second kappa shape index (κ2) is 55.3. The standard InChI is InChI=1S/C70H131NO13/c1-3-5-7-9-11-13-15-17-19-20-21-22-23-24-25-26-27-28-29-30-31-32-33-34-35-36-37-38-40-42-44-46-48-50-52-54-62(75)71-58(59(74)53-51-49-47-45-43-41-39-18-16-14-12-10-8-6-4-2)57-81-69-67(80)65(78)68(61(56-73)83-69)84-70-66(79)64(77)63(76)60(55-72)82-70/h15,17,20-21,51,53,58-61,63-70,72-74,76-80H,3-14,16,18-19,22-50,52,54-57H2,1-2H3,(H,71,75)/b17-15-,21-20-,53-51+. The molecule has 0 aliphatic carbocycles. The number of unbranched alkanes of at least 4 members (excludes halogenated alkanes) is 41. The summed E-state index contributed by atoms with van der Waals surface area (Å²) in [4.78, 5) is 13.3. The highest BCUT2D eigenvalue weighted by molar-refractivity contribution is 5.76. The lowest BCUT2D eigenvalue weighted by molar-refractivity contribution is -0.359. The minimum Gasteiger partial charge on any atom is -0.394 e. The first-order valence-corrected chi connectivity index (χ1v) is 35.2. The minimum absolute atomic E-state index is 0.234. The Hall–Kier alpha value is -1.79. The molecule has 0 saturated carbocycles. The van der Waals surface area contributed by atoms with Gasteiger partial charge in [-0.15, -0.1) is 0 Å². The van der Waals surface area contributed by atoms with Crippen LogP contribution in [0.15, 0.2) is 36.5 Å². The van der Waals surface area contributed by atoms with Crippen molar-refractivity contribution in [1.82, 2.24) is 5.32 Å². The predicted octanol–water partition coefficient (Wildman–Crippen LogP) is 14.1. The van der Waals surface area contributed by atoms with Gasteiger partial charge in [-0.1, -0.05) is 288 Å². The first-order valence-electron chi connectivity index (χ1n) is 35.2. The van der Waals surface area contributed by atoms with Crippen LogP contribution in [0, 0.1) is 0 Å². The van der Waals surface area contributed by atoms with Crippen LogP contribution in [0.5, 0.6) is 0 Å². The number of aliphatic hydroxyl groups is 8. The largest absolute Gasteiger partial charge is 0.394 e. The molecule has 14 heteroatoms. The molecule has 0 aromatic rings. The fraction of sp³-hybridized carbons (Fsp3) is 0.900. The maximum atomic E-state index is 13.3. The van der Waals surface area contributed by atoms with Crippen LogP contribution in [0.2, 0.25) is 0 Å². The van der Waals surface area contributed by atoms with E-state index in [0.717, 1.165) is 44.9 Å². The molecule has 2 saturated heterocycles. The maximum absolute atomic E-state index is 13.3. The summed E-state index contributed by atoms with van der Waals surface area (Å²) < 4.78 is 22.8. The summed E-state index contributed by atoms with van der Waals surface area (Å²) in [5, 5.41) is 87.3. The normalized spacial score (nSPS) is 23.8. The van der Waals surface area contributed by atoms with Crippen molar-refractivity contribution in [2.24, 2.45) is 0 Å². The van der Waals surface area contributed by atoms with Gasteiger partial charge in [-0.05, 0) is 51.4 Å². The van der Waals surface area contributed by atoms with E-state index in [4.69, 9.17) is 18.9 Å². The van der Waals surface area contributed by atoms with Gasteiger partial charge in [-0.25, -0.2) is 0 Å². The molecular formula is C70H131NO13. The summed E-state index contributed by atoms with van der Waals surface area (Å²) in [6, 6.07) is -0.912. The van der Waals surface area contributed by atoms with E-state index >= 15 is 0 Å². The first kappa shape index (κ1) is 78.3. The zero-order chi connectivity index (χ0) is 60.9. The molecule has 0 aromatic heterocycles. The molecule has 0 aromatic carbocycles. The van der Waals surface area contributed by atoms with Gasteiger partial charge in [0.1, 0.15) is 48.8 Å². The zero-order valence-electron chi connectivity index (χ0n) is 53.7. The summed E-state index contributed by atoms with van der Waals surface area (Å²) >= 11 is 0. The second-order valence-corrected chi connectivity index (χ2v) is 25.0. The monoisotopic (exact) mass is 1190 g/mol. The molecule has 2 aliphatic rings. The molecule has 9 N–H and O–H groups in total. The third-order valence-electron chi connectivity index (χ3n) is 17.3. The van der Waals surface area contributed by atoms with Crippen molar-refractivity contribution in [3.63, 3.8) is 0 Å². The highest BCUT2D eigenvalue weighted by atomic mass is 16.7. The van der Waals surface area contributed by atoms with E-state index in [9.17, 15) is 45.6 Å². The molecule has 0 radical (unpaired) electrons. The number of carbonyl (C=O) groups excluding carboxylic acids is 1. The highest BCUT2D eigenvalue weighted by Crippen LogP contribution is 2.30. The number of aliphatic hydroxyl groups excluding tert-OH is 8. The van der Waals surface area contributed by atoms with E-state index in [1.54, 1.807) is 6.08 Å². The molecule has 2 aliphatic heterocycles. The Morgan fingerprint density at radius 2 is 0.786 bits per heavy atom. The average molecular weight is 1190 g/mol. The van der Waals surface area contributed by atoms with E-state index in [0.29, 0.717) is 6.42 Å². The maximum Gasteiger partial charge on any atom is 0.220 e. The van der Waals surface area contributed by atoms with Crippen LogP contribution >= 0.6 is 0 Å². The quantitative estimate of drug-likeness (QED) is 0.0204. The molecular weight excluding hydrogens is 1060 g/mol. The van der Waals surface area contributed by atoms with Gasteiger partial charge in [0.05, 0.1) is 32.0 Å². The number of nitrogens with one attached hydrogen (secondary N) is 1. The topological polar surface area (TPSA) is 228 Å². The number of carbonyl (C=O) groups is 1. The molecule has 494 valence electrons. The molecule has 2 heterocycles. The van der Waals surface area contributed by atoms with Gasteiger partial charge in [0, 0.05) is 6.42 Å². The lowest BCUT2D eigenvalue weighted by Crippen LogP contribution is -2.65. The van der Waals surface area contributed by atoms with Gasteiger partial charge in [0.25, 0.3) is 0 Å². The summed E-state index contributed by atoms with van der Waals surface area (Å²) in [7, 11) is 0. The number of amides is 1. The van der Waals surface area contributed by atoms with Crippen molar-refractivity contribution >= 4 is 5.91 Å². The Morgan fingerprint density at radius 3 is 1.19 bits per heavy atom. The SMILES string of the molecule is CCCCCCC/C=C\C/C=C\CCCCCCCCCCCCCCCCCCCCCCCCCC(=O)NC(COC1OC(CO)C(OC2OC(CO)C(O)C(O)C2O)C(O)C1O)C(O)/C=C/CCCCCCCCCCCCCCC. The van der Waals surface area contributed by atoms with Crippen LogP contribution in [-0.4, -0.2) is 140 Å². The highest BCUT2D eigenvalue weighted by Gasteiger charge is 2.51. The van der Waals surface area contributed by atoms with Gasteiger partial charge in [0.15, 0.2) is 12.6 Å². The lowest BCUT2D eigenvalue weighted by Gasteiger charge is -2.46. The molecule has 12 atom stereocenters. The molecule has 12 unspecified atom stereocenters. The Bertz CT molecular complexity index is 1550. The fourth-order valence-corrected chi connectivity index (χ4v) is 11.7. The molecule has 2 rings (SSSR count). The summed E-state index contributed by atoms with van der Waals surface area (Å²) in [6.45, 7) is 2.82. The van der Waals surface area contributed by atoms with E-state index in [-0.39, 0.29) is 18.9 Å². The van der Waals surface area contributed by atoms with Gasteiger partial charge in [-0.3, -0.25) is 4.79 Å². The third kappa shape index (κ3) is 39.3. The van der Waals surface area contributed by atoms with Crippen LogP contribution in [0.1, 0.15) is 309 Å². The van der Waals surface area contributed by atoms with Crippen LogP contribution < -0.4 is 5.32 Å². The van der Waals surface area contributed by atoms with Gasteiger partial charge < -0.3 is 65.1 Å². The van der Waals surface area contributed by atoms with E-state index < -0.39 is 86.8 Å². The van der Waals surface area contributed by atoms with Gasteiger partial charge in [-0.2, -0.15) is 0 Å². The Labute approximate surface area is 512 Å². The second-order valence-electron chi connectivity index (χ2n) is 25.0. The fourth-order valence-electron chi connectivity index (χ4n) is 11.7. The molecule has 2 fully saturated rings. The molecule has 0 spiro atoms. The Balaban J connectivity index is 1.60. The smallest absolute Gasteiger partial charge is 0.220 e. The van der Waals surface area contributed by atoms with Crippen molar-refractivity contribution in [3.05, 3.63) is 36.5 Å². The molecule has 1 amide bonds. The lowest BCUT2D eigenvalue weighted by atomic mass is 9.97. The summed E-state index contributed by atoms with van der Waals surface area (Å²) in [6.07, 6.45) is 53.6. The number of hydrogen-bond donors (Lipinski definition) is 9. The molecule has 84 heavy (non-hydrogen) atoms. The number of allylic oxidation sites excluding steroid dienone is 5. The van der Waals surface area contributed by atoms with Gasteiger partial charge in [0.2, 0.25) is 5.91 Å². The van der Waals surface area contributed by atoms with Gasteiger partial charge >= 0.3 is 0 Å². The zero-order valence-corrected chi connectivity index (χ0v) is 53.7. The minimum atomic E-state index is -1.79. The Morgan fingerprint density at radius 1 is 0.429 bits per heavy atom. The first-order chi connectivity index (χ1) is 41.1. The van der Waals surface area contributed by atoms with E-state index in [1.165, 1.54) is 238 Å². The summed E-state index contributed by atoms with van der Waals surface area (Å²) in [5.74, 6) is -0.234.